The highest BCUT2D eigenvalue weighted by atomic mass is 16.5. The van der Waals surface area contributed by atoms with E-state index in [9.17, 15) is 0 Å². The molecule has 1 atom stereocenters. The molecule has 0 bridgehead atoms. The van der Waals surface area contributed by atoms with E-state index in [0.29, 0.717) is 18.3 Å². The fourth-order valence-electron chi connectivity index (χ4n) is 1.68. The topological polar surface area (TPSA) is 58.2 Å². The largest absolute Gasteiger partial charge is 0.449 e. The van der Waals surface area contributed by atoms with Crippen LogP contribution in [-0.4, -0.2) is 19.3 Å². The molecule has 2 rings (SSSR count). The molecule has 1 aliphatic rings. The summed E-state index contributed by atoms with van der Waals surface area (Å²) >= 11 is 0. The Balaban J connectivity index is 1.79. The number of ether oxygens (including phenoxy) is 1. The van der Waals surface area contributed by atoms with Crippen molar-refractivity contribution in [3.8, 4) is 6.07 Å². The van der Waals surface area contributed by atoms with Gasteiger partial charge in [0.1, 0.15) is 11.8 Å². The number of hydrogen-bond donors (Lipinski definition) is 1. The number of furan rings is 1. The average Bonchev–Trinajstić information content (AvgIpc) is 2.76. The van der Waals surface area contributed by atoms with E-state index in [1.54, 1.807) is 6.07 Å². The molecule has 0 aliphatic carbocycles. The van der Waals surface area contributed by atoms with Gasteiger partial charge in [0.15, 0.2) is 0 Å². The Bertz CT molecular complexity index is 348. The highest BCUT2D eigenvalue weighted by Gasteiger charge is 2.13. The molecular formula is C11H14N2O2. The second-order valence-corrected chi connectivity index (χ2v) is 3.67. The van der Waals surface area contributed by atoms with Crippen LogP contribution >= 0.6 is 0 Å². The summed E-state index contributed by atoms with van der Waals surface area (Å²) in [6.07, 6.45) is 2.26. The smallest absolute Gasteiger partial charge is 0.203 e. The Morgan fingerprint density at radius 2 is 2.47 bits per heavy atom. The van der Waals surface area contributed by atoms with Crippen molar-refractivity contribution in [3.05, 3.63) is 23.7 Å². The van der Waals surface area contributed by atoms with Gasteiger partial charge in [-0.2, -0.15) is 5.26 Å². The van der Waals surface area contributed by atoms with Crippen LogP contribution < -0.4 is 5.32 Å². The lowest BCUT2D eigenvalue weighted by Gasteiger charge is -2.22. The van der Waals surface area contributed by atoms with E-state index in [4.69, 9.17) is 14.4 Å². The van der Waals surface area contributed by atoms with Crippen molar-refractivity contribution in [1.82, 2.24) is 5.32 Å². The predicted molar refractivity (Wildman–Crippen MR) is 54.1 cm³/mol. The molecule has 1 fully saturated rings. The van der Waals surface area contributed by atoms with Gasteiger partial charge in [-0.25, -0.2) is 0 Å². The highest BCUT2D eigenvalue weighted by molar-refractivity contribution is 5.18. The minimum absolute atomic E-state index is 0.367. The van der Waals surface area contributed by atoms with Gasteiger partial charge in [0.05, 0.1) is 13.2 Å². The van der Waals surface area contributed by atoms with Gasteiger partial charge in [-0.05, 0) is 25.0 Å². The van der Waals surface area contributed by atoms with Crippen molar-refractivity contribution in [3.63, 3.8) is 0 Å². The van der Waals surface area contributed by atoms with Gasteiger partial charge >= 0.3 is 0 Å². The lowest BCUT2D eigenvalue weighted by molar-refractivity contribution is 0.0693. The third kappa shape index (κ3) is 2.82. The maximum absolute atomic E-state index is 8.58. The second-order valence-electron chi connectivity index (χ2n) is 3.67. The quantitative estimate of drug-likeness (QED) is 0.812. The van der Waals surface area contributed by atoms with Crippen LogP contribution in [0.1, 0.15) is 24.4 Å². The van der Waals surface area contributed by atoms with Crippen LogP contribution in [0.3, 0.4) is 0 Å². The summed E-state index contributed by atoms with van der Waals surface area (Å²) in [5.74, 6) is 1.17. The molecule has 0 aromatic carbocycles. The summed E-state index contributed by atoms with van der Waals surface area (Å²) < 4.78 is 10.6. The fraction of sp³-hybridized carbons (Fsp3) is 0.545. The van der Waals surface area contributed by atoms with Crippen molar-refractivity contribution in [1.29, 1.82) is 5.26 Å². The first-order valence-electron chi connectivity index (χ1n) is 5.18. The molecule has 1 saturated heterocycles. The molecule has 1 aliphatic heterocycles. The molecule has 4 nitrogen and oxygen atoms in total. The van der Waals surface area contributed by atoms with Crippen molar-refractivity contribution in [2.45, 2.75) is 25.4 Å². The van der Waals surface area contributed by atoms with Crippen molar-refractivity contribution in [2.24, 2.45) is 0 Å². The molecule has 80 valence electrons. The van der Waals surface area contributed by atoms with Gasteiger partial charge in [0.25, 0.3) is 0 Å². The standard InChI is InChI=1S/C11H14N2O2/c12-6-10-3-4-11(15-10)7-13-9-2-1-5-14-8-9/h3-4,9,13H,1-2,5,7-8H2. The molecule has 1 aromatic heterocycles. The van der Waals surface area contributed by atoms with E-state index in [1.165, 1.54) is 0 Å². The van der Waals surface area contributed by atoms with E-state index in [-0.39, 0.29) is 0 Å². The molecule has 0 amide bonds. The average molecular weight is 206 g/mol. The van der Waals surface area contributed by atoms with Crippen LogP contribution in [0.25, 0.3) is 0 Å². The Labute approximate surface area is 88.8 Å². The number of nitrogens with one attached hydrogen (secondary N) is 1. The Kier molecular flexibility index (Phi) is 3.38. The molecule has 1 aromatic rings. The van der Waals surface area contributed by atoms with Crippen LogP contribution in [0, 0.1) is 11.3 Å². The van der Waals surface area contributed by atoms with Crippen LogP contribution in [-0.2, 0) is 11.3 Å². The van der Waals surface area contributed by atoms with Gasteiger partial charge < -0.3 is 14.5 Å². The lowest BCUT2D eigenvalue weighted by atomic mass is 10.1. The number of rotatable bonds is 3. The van der Waals surface area contributed by atoms with Crippen LogP contribution in [0.15, 0.2) is 16.5 Å². The van der Waals surface area contributed by atoms with Gasteiger partial charge in [0.2, 0.25) is 5.76 Å². The zero-order valence-corrected chi connectivity index (χ0v) is 8.53. The molecular weight excluding hydrogens is 192 g/mol. The second kappa shape index (κ2) is 4.96. The van der Waals surface area contributed by atoms with Gasteiger partial charge in [0, 0.05) is 12.6 Å². The first-order chi connectivity index (χ1) is 7.38. The lowest BCUT2D eigenvalue weighted by Crippen LogP contribution is -2.36. The minimum atomic E-state index is 0.367. The normalized spacial score (nSPS) is 21.1. The van der Waals surface area contributed by atoms with Crippen molar-refractivity contribution >= 4 is 0 Å². The maximum atomic E-state index is 8.58. The van der Waals surface area contributed by atoms with Crippen LogP contribution in [0.4, 0.5) is 0 Å². The fourth-order valence-corrected chi connectivity index (χ4v) is 1.68. The maximum Gasteiger partial charge on any atom is 0.203 e. The molecule has 15 heavy (non-hydrogen) atoms. The summed E-state index contributed by atoms with van der Waals surface area (Å²) in [7, 11) is 0. The third-order valence-electron chi connectivity index (χ3n) is 2.50. The van der Waals surface area contributed by atoms with E-state index in [2.05, 4.69) is 5.32 Å². The highest BCUT2D eigenvalue weighted by Crippen LogP contribution is 2.09. The van der Waals surface area contributed by atoms with Gasteiger partial charge in [-0.15, -0.1) is 0 Å². The number of nitrogens with zero attached hydrogens (tertiary/aromatic N) is 1. The molecule has 0 spiro atoms. The van der Waals surface area contributed by atoms with E-state index in [0.717, 1.165) is 31.8 Å². The zero-order chi connectivity index (χ0) is 10.5. The summed E-state index contributed by atoms with van der Waals surface area (Å²) in [6, 6.07) is 5.90. The summed E-state index contributed by atoms with van der Waals surface area (Å²) in [5, 5.41) is 11.9. The summed E-state index contributed by atoms with van der Waals surface area (Å²) in [5.41, 5.74) is 0. The van der Waals surface area contributed by atoms with E-state index < -0.39 is 0 Å². The third-order valence-corrected chi connectivity index (χ3v) is 2.50. The molecule has 4 heteroatoms. The van der Waals surface area contributed by atoms with Gasteiger partial charge in [-0.1, -0.05) is 0 Å². The van der Waals surface area contributed by atoms with Crippen LogP contribution in [0.5, 0.6) is 0 Å². The molecule has 1 unspecified atom stereocenters. The van der Waals surface area contributed by atoms with Crippen molar-refractivity contribution < 1.29 is 9.15 Å². The Hall–Kier alpha value is -1.31. The van der Waals surface area contributed by atoms with Crippen molar-refractivity contribution in [2.75, 3.05) is 13.2 Å². The molecule has 2 heterocycles. The predicted octanol–water partition coefficient (Wildman–Crippen LogP) is 1.42. The molecule has 1 N–H and O–H groups in total. The van der Waals surface area contributed by atoms with E-state index >= 15 is 0 Å². The van der Waals surface area contributed by atoms with Gasteiger partial charge in [-0.3, -0.25) is 0 Å². The SMILES string of the molecule is N#Cc1ccc(CNC2CCCOC2)o1. The zero-order valence-electron chi connectivity index (χ0n) is 8.53. The monoisotopic (exact) mass is 206 g/mol. The Morgan fingerprint density at radius 1 is 1.53 bits per heavy atom. The number of hydrogen-bond acceptors (Lipinski definition) is 4. The summed E-state index contributed by atoms with van der Waals surface area (Å²) in [6.45, 7) is 2.30. The number of nitriles is 1. The van der Waals surface area contributed by atoms with E-state index in [1.807, 2.05) is 12.1 Å². The first kappa shape index (κ1) is 10.2. The Morgan fingerprint density at radius 3 is 3.13 bits per heavy atom. The molecule has 0 saturated carbocycles. The summed E-state index contributed by atoms with van der Waals surface area (Å²) in [4.78, 5) is 0. The minimum Gasteiger partial charge on any atom is -0.449 e. The molecule has 0 radical (unpaired) electrons. The van der Waals surface area contributed by atoms with Crippen LogP contribution in [0.2, 0.25) is 0 Å². The first-order valence-corrected chi connectivity index (χ1v) is 5.18.